The van der Waals surface area contributed by atoms with Gasteiger partial charge in [0, 0.05) is 0 Å². The lowest BCUT2D eigenvalue weighted by Gasteiger charge is -2.13. The summed E-state index contributed by atoms with van der Waals surface area (Å²) in [6.45, 7) is 11.5. The molecule has 1 aromatic rings. The van der Waals surface area contributed by atoms with E-state index in [9.17, 15) is 0 Å². The minimum absolute atomic E-state index is 0.816. The molecule has 0 amide bonds. The zero-order valence-electron chi connectivity index (χ0n) is 13.2. The summed E-state index contributed by atoms with van der Waals surface area (Å²) in [7, 11) is 0. The fraction of sp³-hybridized carbons (Fsp3) is 0.556. The number of ether oxygens (including phenoxy) is 1. The van der Waals surface area contributed by atoms with E-state index in [2.05, 4.69) is 43.9 Å². The van der Waals surface area contributed by atoms with Crippen molar-refractivity contribution in [3.05, 3.63) is 42.0 Å². The van der Waals surface area contributed by atoms with E-state index in [1.807, 2.05) is 6.08 Å². The van der Waals surface area contributed by atoms with Crippen molar-refractivity contribution in [1.82, 2.24) is 0 Å². The Bertz CT molecular complexity index is 387. The van der Waals surface area contributed by atoms with Gasteiger partial charge in [-0.25, -0.2) is 0 Å². The van der Waals surface area contributed by atoms with Gasteiger partial charge in [-0.3, -0.25) is 0 Å². The van der Waals surface area contributed by atoms with Gasteiger partial charge in [0.1, 0.15) is 5.75 Å². The summed E-state index contributed by atoms with van der Waals surface area (Å²) < 4.78 is 5.99. The number of para-hydroxylation sites is 1. The average Bonchev–Trinajstić information content (AvgIpc) is 2.44. The molecule has 0 unspecified atom stereocenters. The van der Waals surface area contributed by atoms with Crippen molar-refractivity contribution in [2.45, 2.75) is 46.0 Å². The molecule has 0 fully saturated rings. The van der Waals surface area contributed by atoms with E-state index in [0.29, 0.717) is 0 Å². The number of hydrogen-bond acceptors (Lipinski definition) is 1. The molecule has 112 valence electrons. The number of rotatable bonds is 11. The monoisotopic (exact) mass is 276 g/mol. The van der Waals surface area contributed by atoms with E-state index in [4.69, 9.17) is 4.74 Å². The average molecular weight is 276 g/mol. The van der Waals surface area contributed by atoms with E-state index < -0.39 is 0 Å². The Morgan fingerprint density at radius 3 is 2.75 bits per heavy atom. The molecule has 0 spiro atoms. The van der Waals surface area contributed by atoms with Crippen LogP contribution in [0.3, 0.4) is 0 Å². The van der Waals surface area contributed by atoms with Gasteiger partial charge in [0.2, 0.25) is 0 Å². The maximum atomic E-state index is 5.99. The van der Waals surface area contributed by atoms with Gasteiger partial charge in [-0.2, -0.15) is 0 Å². The smallest absolute Gasteiger partial charge is 0.125 e. The lowest BCUT2D eigenvalue weighted by molar-refractivity contribution is -0.655. The van der Waals surface area contributed by atoms with Crippen molar-refractivity contribution in [3.8, 4) is 5.75 Å². The molecule has 2 N–H and O–H groups in total. The standard InChI is InChI=1S/C18H29NO/c1-4-6-13-19-14-7-8-15-20-18-16(3)11-9-12-17(18)10-5-2/h5,9,11-12,19H,2,4,6-8,10,13-15H2,1,3H3/p+1. The fourth-order valence-corrected chi connectivity index (χ4v) is 2.29. The number of quaternary nitrogens is 1. The van der Waals surface area contributed by atoms with Gasteiger partial charge in [0.25, 0.3) is 0 Å². The van der Waals surface area contributed by atoms with Gasteiger partial charge >= 0.3 is 0 Å². The maximum absolute atomic E-state index is 5.99. The first-order valence-corrected chi connectivity index (χ1v) is 7.93. The second kappa shape index (κ2) is 10.5. The van der Waals surface area contributed by atoms with Crippen molar-refractivity contribution >= 4 is 0 Å². The second-order valence-corrected chi connectivity index (χ2v) is 5.33. The van der Waals surface area contributed by atoms with Gasteiger partial charge in [-0.05, 0) is 43.7 Å². The fourth-order valence-electron chi connectivity index (χ4n) is 2.29. The normalized spacial score (nSPS) is 10.5. The highest BCUT2D eigenvalue weighted by Gasteiger charge is 2.05. The zero-order valence-corrected chi connectivity index (χ0v) is 13.2. The van der Waals surface area contributed by atoms with E-state index in [0.717, 1.165) is 25.2 Å². The molecular formula is C18H30NO+. The number of aryl methyl sites for hydroxylation is 1. The van der Waals surface area contributed by atoms with Crippen molar-refractivity contribution in [2.75, 3.05) is 19.7 Å². The first kappa shape index (κ1) is 16.8. The summed E-state index contributed by atoms with van der Waals surface area (Å²) in [4.78, 5) is 0. The number of allylic oxidation sites excluding steroid dienone is 1. The summed E-state index contributed by atoms with van der Waals surface area (Å²) >= 11 is 0. The van der Waals surface area contributed by atoms with E-state index in [-0.39, 0.29) is 0 Å². The van der Waals surface area contributed by atoms with Crippen LogP contribution in [0.1, 0.15) is 43.7 Å². The second-order valence-electron chi connectivity index (χ2n) is 5.33. The third-order valence-electron chi connectivity index (χ3n) is 3.47. The summed E-state index contributed by atoms with van der Waals surface area (Å²) in [6, 6.07) is 6.33. The summed E-state index contributed by atoms with van der Waals surface area (Å²) in [5.74, 6) is 1.06. The number of nitrogens with two attached hydrogens (primary N) is 1. The van der Waals surface area contributed by atoms with Crippen LogP contribution in [0.25, 0.3) is 0 Å². The Labute approximate surface area is 124 Å². The van der Waals surface area contributed by atoms with Crippen LogP contribution in [0.5, 0.6) is 5.75 Å². The predicted octanol–water partition coefficient (Wildman–Crippen LogP) is 3.25. The van der Waals surface area contributed by atoms with Crippen molar-refractivity contribution in [3.63, 3.8) is 0 Å². The molecule has 0 aliphatic rings. The molecule has 0 aromatic heterocycles. The van der Waals surface area contributed by atoms with Gasteiger partial charge in [0.05, 0.1) is 19.7 Å². The Morgan fingerprint density at radius 2 is 2.00 bits per heavy atom. The van der Waals surface area contributed by atoms with E-state index in [1.165, 1.54) is 43.5 Å². The van der Waals surface area contributed by atoms with Crippen LogP contribution in [-0.4, -0.2) is 19.7 Å². The molecule has 0 saturated heterocycles. The van der Waals surface area contributed by atoms with Crippen LogP contribution in [0.15, 0.2) is 30.9 Å². The Balaban J connectivity index is 2.26. The molecule has 20 heavy (non-hydrogen) atoms. The quantitative estimate of drug-likeness (QED) is 0.487. The minimum atomic E-state index is 0.816. The third kappa shape index (κ3) is 6.25. The summed E-state index contributed by atoms with van der Waals surface area (Å²) in [5.41, 5.74) is 2.47. The zero-order chi connectivity index (χ0) is 14.6. The van der Waals surface area contributed by atoms with Gasteiger partial charge in [-0.15, -0.1) is 6.58 Å². The van der Waals surface area contributed by atoms with Gasteiger partial charge < -0.3 is 10.1 Å². The highest BCUT2D eigenvalue weighted by Crippen LogP contribution is 2.24. The first-order valence-electron chi connectivity index (χ1n) is 7.93. The third-order valence-corrected chi connectivity index (χ3v) is 3.47. The minimum Gasteiger partial charge on any atom is -0.493 e. The molecule has 0 heterocycles. The summed E-state index contributed by atoms with van der Waals surface area (Å²) in [5, 5.41) is 2.42. The van der Waals surface area contributed by atoms with Crippen LogP contribution in [0.4, 0.5) is 0 Å². The Hall–Kier alpha value is -1.28. The lowest BCUT2D eigenvalue weighted by Crippen LogP contribution is -2.84. The lowest BCUT2D eigenvalue weighted by atomic mass is 10.1. The molecule has 0 aliphatic carbocycles. The molecule has 1 rings (SSSR count). The number of hydrogen-bond donors (Lipinski definition) is 1. The van der Waals surface area contributed by atoms with E-state index in [1.54, 1.807) is 0 Å². The van der Waals surface area contributed by atoms with Gasteiger partial charge in [0.15, 0.2) is 0 Å². The van der Waals surface area contributed by atoms with Crippen molar-refractivity contribution < 1.29 is 10.1 Å². The highest BCUT2D eigenvalue weighted by atomic mass is 16.5. The molecule has 2 nitrogen and oxygen atoms in total. The number of benzene rings is 1. The number of unbranched alkanes of at least 4 members (excludes halogenated alkanes) is 2. The van der Waals surface area contributed by atoms with Crippen molar-refractivity contribution in [2.24, 2.45) is 0 Å². The molecule has 1 aromatic carbocycles. The molecular weight excluding hydrogens is 246 g/mol. The molecule has 0 aliphatic heterocycles. The molecule has 0 atom stereocenters. The Kier molecular flexibility index (Phi) is 8.81. The van der Waals surface area contributed by atoms with Crippen LogP contribution in [0, 0.1) is 6.92 Å². The van der Waals surface area contributed by atoms with Crippen LogP contribution in [0.2, 0.25) is 0 Å². The van der Waals surface area contributed by atoms with Gasteiger partial charge in [-0.1, -0.05) is 37.6 Å². The largest absolute Gasteiger partial charge is 0.493 e. The highest BCUT2D eigenvalue weighted by molar-refractivity contribution is 5.41. The predicted molar refractivity (Wildman–Crippen MR) is 86.4 cm³/mol. The maximum Gasteiger partial charge on any atom is 0.125 e. The summed E-state index contributed by atoms with van der Waals surface area (Å²) in [6.07, 6.45) is 7.78. The Morgan fingerprint density at radius 1 is 1.20 bits per heavy atom. The van der Waals surface area contributed by atoms with E-state index >= 15 is 0 Å². The molecule has 0 bridgehead atoms. The van der Waals surface area contributed by atoms with Crippen LogP contribution in [-0.2, 0) is 6.42 Å². The van der Waals surface area contributed by atoms with Crippen LogP contribution >= 0.6 is 0 Å². The first-order chi connectivity index (χ1) is 9.79. The molecule has 2 heteroatoms. The molecule has 0 radical (unpaired) electrons. The van der Waals surface area contributed by atoms with Crippen molar-refractivity contribution in [1.29, 1.82) is 0 Å². The topological polar surface area (TPSA) is 25.8 Å². The molecule has 0 saturated carbocycles. The van der Waals surface area contributed by atoms with Crippen LogP contribution < -0.4 is 10.1 Å². The SMILES string of the molecule is C=CCc1cccc(C)c1OCCCC[NH2+]CCCC.